The standard InChI is InChI=1S/C25H33ClN2O4/c1-18(24(30)27-25(2,3)4)28(17-19-8-6-9-20(26)16-19)23(29)10-7-15-32-22-13-11-21(31-5)12-14-22/h6,8-9,11-14,16,18H,7,10,15,17H2,1-5H3,(H,27,30). The van der Waals surface area contributed by atoms with Crippen molar-refractivity contribution in [2.24, 2.45) is 0 Å². The van der Waals surface area contributed by atoms with Crippen molar-refractivity contribution in [1.29, 1.82) is 0 Å². The lowest BCUT2D eigenvalue weighted by Crippen LogP contribution is -2.52. The van der Waals surface area contributed by atoms with Gasteiger partial charge in [-0.3, -0.25) is 9.59 Å². The van der Waals surface area contributed by atoms with Crippen LogP contribution in [0.1, 0.15) is 46.1 Å². The molecule has 0 bridgehead atoms. The van der Waals surface area contributed by atoms with Gasteiger partial charge < -0.3 is 19.7 Å². The van der Waals surface area contributed by atoms with Gasteiger partial charge in [0.05, 0.1) is 13.7 Å². The minimum Gasteiger partial charge on any atom is -0.497 e. The second-order valence-electron chi connectivity index (χ2n) is 8.69. The number of ether oxygens (including phenoxy) is 2. The minimum atomic E-state index is -0.622. The molecule has 2 amide bonds. The summed E-state index contributed by atoms with van der Waals surface area (Å²) in [6.45, 7) is 8.19. The highest BCUT2D eigenvalue weighted by Gasteiger charge is 2.28. The fourth-order valence-electron chi connectivity index (χ4n) is 3.12. The molecule has 1 atom stereocenters. The van der Waals surface area contributed by atoms with Crippen LogP contribution in [0, 0.1) is 0 Å². The SMILES string of the molecule is COc1ccc(OCCCC(=O)N(Cc2cccc(Cl)c2)C(C)C(=O)NC(C)(C)C)cc1. The van der Waals surface area contributed by atoms with Crippen molar-refractivity contribution in [2.75, 3.05) is 13.7 Å². The average Bonchev–Trinajstić information content (AvgIpc) is 2.73. The van der Waals surface area contributed by atoms with Crippen molar-refractivity contribution in [3.63, 3.8) is 0 Å². The number of amides is 2. The molecule has 0 spiro atoms. The maximum atomic E-state index is 13.1. The summed E-state index contributed by atoms with van der Waals surface area (Å²) in [7, 11) is 1.61. The van der Waals surface area contributed by atoms with E-state index in [0.29, 0.717) is 30.3 Å². The van der Waals surface area contributed by atoms with Crippen molar-refractivity contribution in [1.82, 2.24) is 10.2 Å². The molecule has 0 saturated heterocycles. The molecule has 0 saturated carbocycles. The summed E-state index contributed by atoms with van der Waals surface area (Å²) in [6.07, 6.45) is 0.800. The first-order valence-electron chi connectivity index (χ1n) is 10.7. The third-order valence-electron chi connectivity index (χ3n) is 4.77. The van der Waals surface area contributed by atoms with Gasteiger partial charge in [-0.15, -0.1) is 0 Å². The van der Waals surface area contributed by atoms with Crippen LogP contribution in [0.15, 0.2) is 48.5 Å². The molecule has 7 heteroatoms. The molecular formula is C25H33ClN2O4. The second-order valence-corrected chi connectivity index (χ2v) is 9.13. The van der Waals surface area contributed by atoms with Gasteiger partial charge in [0.1, 0.15) is 17.5 Å². The van der Waals surface area contributed by atoms with E-state index >= 15 is 0 Å². The first kappa shape index (κ1) is 25.5. The highest BCUT2D eigenvalue weighted by atomic mass is 35.5. The molecular weight excluding hydrogens is 428 g/mol. The Labute approximate surface area is 195 Å². The van der Waals surface area contributed by atoms with E-state index in [2.05, 4.69) is 5.32 Å². The molecule has 0 aromatic heterocycles. The summed E-state index contributed by atoms with van der Waals surface area (Å²) < 4.78 is 10.9. The van der Waals surface area contributed by atoms with E-state index in [1.807, 2.05) is 63.2 Å². The zero-order valence-electron chi connectivity index (χ0n) is 19.5. The lowest BCUT2D eigenvalue weighted by Gasteiger charge is -2.31. The van der Waals surface area contributed by atoms with Gasteiger partial charge >= 0.3 is 0 Å². The molecule has 2 aromatic rings. The van der Waals surface area contributed by atoms with Gasteiger partial charge in [-0.2, -0.15) is 0 Å². The Hall–Kier alpha value is -2.73. The van der Waals surface area contributed by atoms with Crippen LogP contribution in [-0.2, 0) is 16.1 Å². The molecule has 0 fully saturated rings. The van der Waals surface area contributed by atoms with Gasteiger partial charge in [-0.1, -0.05) is 23.7 Å². The van der Waals surface area contributed by atoms with E-state index in [9.17, 15) is 9.59 Å². The minimum absolute atomic E-state index is 0.111. The number of methoxy groups -OCH3 is 1. The Morgan fingerprint density at radius 2 is 1.75 bits per heavy atom. The van der Waals surface area contributed by atoms with E-state index < -0.39 is 6.04 Å². The average molecular weight is 461 g/mol. The van der Waals surface area contributed by atoms with Gasteiger partial charge in [0.25, 0.3) is 0 Å². The number of nitrogens with one attached hydrogen (secondary N) is 1. The van der Waals surface area contributed by atoms with Crippen molar-refractivity contribution < 1.29 is 19.1 Å². The van der Waals surface area contributed by atoms with Crippen LogP contribution in [-0.4, -0.2) is 42.0 Å². The van der Waals surface area contributed by atoms with Crippen LogP contribution in [0.2, 0.25) is 5.02 Å². The first-order valence-corrected chi connectivity index (χ1v) is 11.1. The monoisotopic (exact) mass is 460 g/mol. The number of hydrogen-bond donors (Lipinski definition) is 1. The number of carbonyl (C=O) groups excluding carboxylic acids is 2. The summed E-state index contributed by atoms with van der Waals surface area (Å²) in [6, 6.07) is 14.0. The normalized spacial score (nSPS) is 12.1. The Morgan fingerprint density at radius 3 is 2.34 bits per heavy atom. The van der Waals surface area contributed by atoms with Crippen LogP contribution in [0.3, 0.4) is 0 Å². The lowest BCUT2D eigenvalue weighted by molar-refractivity contribution is -0.141. The summed E-state index contributed by atoms with van der Waals surface area (Å²) in [4.78, 5) is 27.4. The fraction of sp³-hybridized carbons (Fsp3) is 0.440. The van der Waals surface area contributed by atoms with E-state index in [4.69, 9.17) is 21.1 Å². The fourth-order valence-corrected chi connectivity index (χ4v) is 3.33. The van der Waals surface area contributed by atoms with E-state index in [0.717, 1.165) is 11.3 Å². The lowest BCUT2D eigenvalue weighted by atomic mass is 10.1. The zero-order valence-corrected chi connectivity index (χ0v) is 20.2. The molecule has 1 N–H and O–H groups in total. The van der Waals surface area contributed by atoms with Gasteiger partial charge in [0.15, 0.2) is 0 Å². The molecule has 6 nitrogen and oxygen atoms in total. The molecule has 32 heavy (non-hydrogen) atoms. The van der Waals surface area contributed by atoms with Crippen molar-refractivity contribution in [3.8, 4) is 11.5 Å². The zero-order chi connectivity index (χ0) is 23.7. The molecule has 0 heterocycles. The predicted octanol–water partition coefficient (Wildman–Crippen LogP) is 4.84. The third kappa shape index (κ3) is 8.42. The van der Waals surface area contributed by atoms with Gasteiger partial charge in [0, 0.05) is 23.5 Å². The third-order valence-corrected chi connectivity index (χ3v) is 5.01. The molecule has 0 aliphatic carbocycles. The summed E-state index contributed by atoms with van der Waals surface area (Å²) in [5.41, 5.74) is 0.484. The quantitative estimate of drug-likeness (QED) is 0.515. The smallest absolute Gasteiger partial charge is 0.242 e. The maximum absolute atomic E-state index is 13.1. The molecule has 0 aliphatic rings. The van der Waals surface area contributed by atoms with Crippen molar-refractivity contribution in [3.05, 3.63) is 59.1 Å². The maximum Gasteiger partial charge on any atom is 0.242 e. The van der Waals surface area contributed by atoms with Gasteiger partial charge in [0.2, 0.25) is 11.8 Å². The van der Waals surface area contributed by atoms with Crippen molar-refractivity contribution in [2.45, 2.75) is 58.7 Å². The number of hydrogen-bond acceptors (Lipinski definition) is 4. The Morgan fingerprint density at radius 1 is 1.09 bits per heavy atom. The largest absolute Gasteiger partial charge is 0.497 e. The van der Waals surface area contributed by atoms with E-state index in [1.54, 1.807) is 25.0 Å². The molecule has 2 aromatic carbocycles. The molecule has 2 rings (SSSR count). The summed E-state index contributed by atoms with van der Waals surface area (Å²) in [5, 5.41) is 3.55. The highest BCUT2D eigenvalue weighted by Crippen LogP contribution is 2.19. The van der Waals surface area contributed by atoms with Crippen LogP contribution in [0.4, 0.5) is 0 Å². The number of benzene rings is 2. The Bertz CT molecular complexity index is 894. The molecule has 174 valence electrons. The first-order chi connectivity index (χ1) is 15.1. The molecule has 0 aliphatic heterocycles. The van der Waals surface area contributed by atoms with Crippen LogP contribution < -0.4 is 14.8 Å². The highest BCUT2D eigenvalue weighted by molar-refractivity contribution is 6.30. The van der Waals surface area contributed by atoms with E-state index in [-0.39, 0.29) is 23.8 Å². The topological polar surface area (TPSA) is 67.9 Å². The number of nitrogens with zero attached hydrogens (tertiary/aromatic N) is 1. The summed E-state index contributed by atoms with van der Waals surface area (Å²) >= 11 is 6.11. The van der Waals surface area contributed by atoms with Crippen LogP contribution in [0.5, 0.6) is 11.5 Å². The number of rotatable bonds is 10. The molecule has 1 unspecified atom stereocenters. The summed E-state index contributed by atoms with van der Waals surface area (Å²) in [5.74, 6) is 1.17. The Kier molecular flexibility index (Phi) is 9.39. The van der Waals surface area contributed by atoms with E-state index in [1.165, 1.54) is 0 Å². The second kappa shape index (κ2) is 11.8. The number of halogens is 1. The number of carbonyl (C=O) groups is 2. The van der Waals surface area contributed by atoms with Gasteiger partial charge in [-0.25, -0.2) is 0 Å². The predicted molar refractivity (Wildman–Crippen MR) is 127 cm³/mol. The van der Waals surface area contributed by atoms with Crippen molar-refractivity contribution >= 4 is 23.4 Å². The van der Waals surface area contributed by atoms with Crippen LogP contribution >= 0.6 is 11.6 Å². The van der Waals surface area contributed by atoms with Gasteiger partial charge in [-0.05, 0) is 76.1 Å². The molecule has 0 radical (unpaired) electrons. The van der Waals surface area contributed by atoms with Crippen LogP contribution in [0.25, 0.3) is 0 Å². The Balaban J connectivity index is 2.01.